The van der Waals surface area contributed by atoms with Crippen LogP contribution in [0.2, 0.25) is 0 Å². The Morgan fingerprint density at radius 1 is 1.00 bits per heavy atom. The molecule has 0 atom stereocenters. The fourth-order valence-corrected chi connectivity index (χ4v) is 0. The minimum absolute atomic E-state index is 0. The summed E-state index contributed by atoms with van der Waals surface area (Å²) >= 11 is 0. The van der Waals surface area contributed by atoms with Gasteiger partial charge in [0, 0.05) is 19.5 Å². The fraction of sp³-hybridized carbons (Fsp3) is 0. The van der Waals surface area contributed by atoms with E-state index in [4.69, 9.17) is 0 Å². The molecule has 0 heterocycles. The first-order valence-electron chi connectivity index (χ1n) is 0. The van der Waals surface area contributed by atoms with E-state index in [2.05, 4.69) is 0 Å². The van der Waals surface area contributed by atoms with Crippen molar-refractivity contribution in [1.82, 2.24) is 0 Å². The number of hydrogen-bond donors (Lipinski definition) is 0. The zero-order chi connectivity index (χ0) is 0. The van der Waals surface area contributed by atoms with Gasteiger partial charge in [0.15, 0.2) is 17.4 Å². The Labute approximate surface area is 74.2 Å². The monoisotopic (exact) mass is 336 g/mol. The van der Waals surface area contributed by atoms with Crippen LogP contribution in [0.25, 0.3) is 0 Å². The Morgan fingerprint density at radius 2 is 1.00 bits per heavy atom. The van der Waals surface area contributed by atoms with Crippen molar-refractivity contribution in [2.75, 3.05) is 0 Å². The van der Waals surface area contributed by atoms with Crippen molar-refractivity contribution in [1.29, 1.82) is 0 Å². The zero-order valence-electron chi connectivity index (χ0n) is 1.41. The summed E-state index contributed by atoms with van der Waals surface area (Å²) < 4.78 is 0. The van der Waals surface area contributed by atoms with Crippen LogP contribution < -0.4 is 0 Å². The minimum Gasteiger partial charge on any atom is -0.0149 e. The molecule has 0 aliphatic rings. The molecule has 0 fully saturated rings. The van der Waals surface area contributed by atoms with Crippen molar-refractivity contribution in [3.63, 3.8) is 0 Å². The standard InChI is InChI=1S/Al.Pb.H4Si.Zn.5H/h;;1H4;;;;;;. The SMILES string of the molecule is [AlH3].[PbH2].[SiH4].[Zn]. The molecule has 0 rings (SSSR count). The van der Waals surface area contributed by atoms with Gasteiger partial charge in [0.1, 0.15) is 0 Å². The average molecular weight is 337 g/mol. The summed E-state index contributed by atoms with van der Waals surface area (Å²) in [5.74, 6) is 0. The third-order valence-corrected chi connectivity index (χ3v) is 0. The summed E-state index contributed by atoms with van der Waals surface area (Å²) in [4.78, 5) is 0. The van der Waals surface area contributed by atoms with Crippen LogP contribution in [-0.4, -0.2) is 55.6 Å². The second-order valence-corrected chi connectivity index (χ2v) is 0. The summed E-state index contributed by atoms with van der Waals surface area (Å²) in [7, 11) is 0. The number of rotatable bonds is 0. The molecule has 0 nitrogen and oxygen atoms in total. The molecule has 0 N–H and O–H groups in total. The second kappa shape index (κ2) is 18.5. The van der Waals surface area contributed by atoms with Crippen LogP contribution >= 0.6 is 0 Å². The van der Waals surface area contributed by atoms with Crippen LogP contribution in [0.4, 0.5) is 0 Å². The van der Waals surface area contributed by atoms with Crippen molar-refractivity contribution in [3.05, 3.63) is 0 Å². The molecule has 0 saturated carbocycles. The molecule has 0 unspecified atom stereocenters. The summed E-state index contributed by atoms with van der Waals surface area (Å²) in [6.45, 7) is 0. The van der Waals surface area contributed by atoms with E-state index in [0.29, 0.717) is 0 Å². The molecule has 0 saturated heterocycles. The maximum Gasteiger partial charge on any atom is 0 e. The molecule has 4 heteroatoms. The number of hydrogen-bond acceptors (Lipinski definition) is 0. The fourth-order valence-electron chi connectivity index (χ4n) is 0. The van der Waals surface area contributed by atoms with Crippen LogP contribution in [0, 0.1) is 0 Å². The molecular weight excluding hydrogens is 328 g/mol. The second-order valence-electron chi connectivity index (χ2n) is 0. The summed E-state index contributed by atoms with van der Waals surface area (Å²) in [6, 6.07) is 0. The largest absolute Gasteiger partial charge is 0.0149 e. The molecule has 0 bridgehead atoms. The predicted molar refractivity (Wildman–Crippen MR) is 29.8 cm³/mol. The topological polar surface area (TPSA) is 0 Å². The first-order valence-corrected chi connectivity index (χ1v) is 0. The van der Waals surface area contributed by atoms with E-state index in [1.807, 2.05) is 0 Å². The molecule has 0 aromatic rings. The quantitative estimate of drug-likeness (QED) is 0.402. The molecule has 0 aromatic carbocycles. The summed E-state index contributed by atoms with van der Waals surface area (Å²) in [6.07, 6.45) is 0. The van der Waals surface area contributed by atoms with Gasteiger partial charge in [0.2, 0.25) is 0 Å². The van der Waals surface area contributed by atoms with Crippen molar-refractivity contribution in [2.45, 2.75) is 0 Å². The Balaban J connectivity index is 0. The predicted octanol–water partition coefficient (Wildman–Crippen LogP) is -3.55. The third-order valence-electron chi connectivity index (χ3n) is 0. The van der Waals surface area contributed by atoms with Gasteiger partial charge in [-0.2, -0.15) is 0 Å². The average Bonchev–Trinajstić information content (AvgIpc) is 0. The van der Waals surface area contributed by atoms with Gasteiger partial charge in [0.05, 0.1) is 0 Å². The van der Waals surface area contributed by atoms with Crippen LogP contribution in [0.15, 0.2) is 0 Å². The van der Waals surface area contributed by atoms with E-state index in [1.165, 1.54) is 0 Å². The molecular formula is H9AlPbSiZn. The molecule has 0 amide bonds. The van der Waals surface area contributed by atoms with Gasteiger partial charge in [-0.25, -0.2) is 0 Å². The first-order chi connectivity index (χ1) is 0. The molecule has 4 heavy (non-hydrogen) atoms. The third kappa shape index (κ3) is 8.85. The minimum atomic E-state index is 0. The van der Waals surface area contributed by atoms with Gasteiger partial charge in [-0.15, -0.1) is 0 Å². The molecule has 0 spiro atoms. The molecule has 0 aliphatic carbocycles. The maximum absolute atomic E-state index is 0. The van der Waals surface area contributed by atoms with E-state index in [0.717, 1.165) is 0 Å². The van der Waals surface area contributed by atoms with Crippen LogP contribution in [0.3, 0.4) is 0 Å². The van der Waals surface area contributed by atoms with E-state index in [9.17, 15) is 0 Å². The Bertz CT molecular complexity index is 8.00. The van der Waals surface area contributed by atoms with E-state index >= 15 is 0 Å². The van der Waals surface area contributed by atoms with E-state index in [-0.39, 0.29) is 75.1 Å². The van der Waals surface area contributed by atoms with Crippen LogP contribution in [0.5, 0.6) is 0 Å². The van der Waals surface area contributed by atoms with Gasteiger partial charge in [-0.05, 0) is 11.0 Å². The van der Waals surface area contributed by atoms with Crippen molar-refractivity contribution >= 4 is 55.6 Å². The molecule has 22 valence electrons. The van der Waals surface area contributed by atoms with E-state index in [1.54, 1.807) is 0 Å². The molecule has 0 aliphatic heterocycles. The molecule has 2 radical (unpaired) electrons. The Kier molecular flexibility index (Phi) is 155. The van der Waals surface area contributed by atoms with Crippen molar-refractivity contribution in [2.24, 2.45) is 0 Å². The van der Waals surface area contributed by atoms with Crippen molar-refractivity contribution in [3.8, 4) is 0 Å². The van der Waals surface area contributed by atoms with Crippen molar-refractivity contribution < 1.29 is 19.5 Å². The zero-order valence-corrected chi connectivity index (χ0v) is 9.88. The molecule has 0 aromatic heterocycles. The Morgan fingerprint density at radius 3 is 1.00 bits per heavy atom. The van der Waals surface area contributed by atoms with Gasteiger partial charge < -0.3 is 0 Å². The summed E-state index contributed by atoms with van der Waals surface area (Å²) in [5.41, 5.74) is 0. The summed E-state index contributed by atoms with van der Waals surface area (Å²) in [5, 5.41) is 0. The van der Waals surface area contributed by atoms with Gasteiger partial charge in [-0.3, -0.25) is 0 Å². The Hall–Kier alpha value is 2.29. The van der Waals surface area contributed by atoms with Crippen LogP contribution in [-0.2, 0) is 19.5 Å². The van der Waals surface area contributed by atoms with E-state index < -0.39 is 0 Å². The smallest absolute Gasteiger partial charge is 0 e. The van der Waals surface area contributed by atoms with Gasteiger partial charge >= 0.3 is 27.3 Å². The normalized spacial score (nSPS) is 0. The van der Waals surface area contributed by atoms with Gasteiger partial charge in [0.25, 0.3) is 0 Å². The van der Waals surface area contributed by atoms with Crippen LogP contribution in [0.1, 0.15) is 0 Å². The maximum atomic E-state index is 0. The van der Waals surface area contributed by atoms with Gasteiger partial charge in [-0.1, -0.05) is 0 Å². The first kappa shape index (κ1) is 33.5.